The van der Waals surface area contributed by atoms with E-state index in [1.165, 1.54) is 0 Å². The van der Waals surface area contributed by atoms with Gasteiger partial charge in [0, 0.05) is 11.4 Å². The van der Waals surface area contributed by atoms with Gasteiger partial charge in [0.25, 0.3) is 0 Å². The van der Waals surface area contributed by atoms with Crippen LogP contribution in [0.2, 0.25) is 0 Å². The summed E-state index contributed by atoms with van der Waals surface area (Å²) < 4.78 is 5.05. The lowest BCUT2D eigenvalue weighted by Crippen LogP contribution is -2.08. The molecule has 0 fully saturated rings. The number of benzene rings is 2. The van der Waals surface area contributed by atoms with Crippen molar-refractivity contribution in [2.24, 2.45) is 0 Å². The van der Waals surface area contributed by atoms with Crippen LogP contribution in [-0.2, 0) is 4.74 Å². The lowest BCUT2D eigenvalue weighted by molar-refractivity contribution is 0.0527. The molecule has 2 rings (SSSR count). The zero-order valence-corrected chi connectivity index (χ0v) is 11.6. The molecule has 0 saturated carbocycles. The minimum Gasteiger partial charge on any atom is -0.462 e. The van der Waals surface area contributed by atoms with Crippen LogP contribution in [0.5, 0.6) is 0 Å². The quantitative estimate of drug-likeness (QED) is 0.659. The molecule has 0 aliphatic carbocycles. The highest BCUT2D eigenvalue weighted by molar-refractivity contribution is 5.97. The molecule has 4 heteroatoms. The smallest absolute Gasteiger partial charge is 0.340 e. The Kier molecular flexibility index (Phi) is 4.25. The van der Waals surface area contributed by atoms with Crippen LogP contribution in [0.4, 0.5) is 17.1 Å². The van der Waals surface area contributed by atoms with Gasteiger partial charge in [-0.1, -0.05) is 12.1 Å². The third-order valence-corrected chi connectivity index (χ3v) is 2.84. The van der Waals surface area contributed by atoms with Crippen molar-refractivity contribution >= 4 is 23.0 Å². The van der Waals surface area contributed by atoms with Gasteiger partial charge in [-0.05, 0) is 49.7 Å². The van der Waals surface area contributed by atoms with Gasteiger partial charge in [-0.3, -0.25) is 0 Å². The molecule has 0 amide bonds. The van der Waals surface area contributed by atoms with E-state index in [4.69, 9.17) is 10.5 Å². The molecule has 20 heavy (non-hydrogen) atoms. The largest absolute Gasteiger partial charge is 0.462 e. The Labute approximate surface area is 118 Å². The molecule has 0 aliphatic rings. The monoisotopic (exact) mass is 270 g/mol. The SMILES string of the molecule is CCOC(=O)c1cc(N)ccc1Nc1cccc(C)c1. The maximum atomic E-state index is 12.0. The fourth-order valence-corrected chi connectivity index (χ4v) is 1.93. The third-order valence-electron chi connectivity index (χ3n) is 2.84. The Hall–Kier alpha value is -2.49. The molecule has 3 N–H and O–H groups in total. The van der Waals surface area contributed by atoms with Gasteiger partial charge in [-0.25, -0.2) is 4.79 Å². The van der Waals surface area contributed by atoms with Gasteiger partial charge in [-0.2, -0.15) is 0 Å². The highest BCUT2D eigenvalue weighted by atomic mass is 16.5. The number of anilines is 3. The van der Waals surface area contributed by atoms with E-state index < -0.39 is 0 Å². The second kappa shape index (κ2) is 6.10. The van der Waals surface area contributed by atoms with Crippen molar-refractivity contribution in [3.63, 3.8) is 0 Å². The minimum absolute atomic E-state index is 0.331. The van der Waals surface area contributed by atoms with E-state index in [2.05, 4.69) is 5.32 Å². The van der Waals surface area contributed by atoms with Crippen molar-refractivity contribution < 1.29 is 9.53 Å². The molecule has 0 aliphatic heterocycles. The standard InChI is InChI=1S/C16H18N2O2/c1-3-20-16(19)14-10-12(17)7-8-15(14)18-13-6-4-5-11(2)9-13/h4-10,18H,3,17H2,1-2H3. The summed E-state index contributed by atoms with van der Waals surface area (Å²) >= 11 is 0. The summed E-state index contributed by atoms with van der Waals surface area (Å²) in [6.45, 7) is 4.12. The van der Waals surface area contributed by atoms with Crippen molar-refractivity contribution in [3.8, 4) is 0 Å². The van der Waals surface area contributed by atoms with Gasteiger partial charge in [0.2, 0.25) is 0 Å². The van der Waals surface area contributed by atoms with E-state index in [9.17, 15) is 4.79 Å². The van der Waals surface area contributed by atoms with Crippen LogP contribution in [0, 0.1) is 6.92 Å². The average molecular weight is 270 g/mol. The van der Waals surface area contributed by atoms with Crippen LogP contribution in [0.3, 0.4) is 0 Å². The number of nitrogen functional groups attached to an aromatic ring is 1. The van der Waals surface area contributed by atoms with Crippen LogP contribution < -0.4 is 11.1 Å². The molecule has 104 valence electrons. The number of esters is 1. The maximum Gasteiger partial charge on any atom is 0.340 e. The van der Waals surface area contributed by atoms with Crippen molar-refractivity contribution in [1.29, 1.82) is 0 Å². The first-order valence-electron chi connectivity index (χ1n) is 6.50. The van der Waals surface area contributed by atoms with Gasteiger partial charge in [-0.15, -0.1) is 0 Å². The summed E-state index contributed by atoms with van der Waals surface area (Å²) in [6.07, 6.45) is 0. The van der Waals surface area contributed by atoms with Crippen LogP contribution in [0.1, 0.15) is 22.8 Å². The Morgan fingerprint density at radius 1 is 1.25 bits per heavy atom. The van der Waals surface area contributed by atoms with Gasteiger partial charge in [0.05, 0.1) is 17.9 Å². The summed E-state index contributed by atoms with van der Waals surface area (Å²) in [7, 11) is 0. The van der Waals surface area contributed by atoms with E-state index >= 15 is 0 Å². The number of carbonyl (C=O) groups is 1. The summed E-state index contributed by atoms with van der Waals surface area (Å²) in [6, 6.07) is 13.1. The van der Waals surface area contributed by atoms with E-state index in [0.29, 0.717) is 23.5 Å². The van der Waals surface area contributed by atoms with Crippen LogP contribution in [-0.4, -0.2) is 12.6 Å². The molecular weight excluding hydrogens is 252 g/mol. The number of nitrogens with one attached hydrogen (secondary N) is 1. The fraction of sp³-hybridized carbons (Fsp3) is 0.188. The molecule has 0 heterocycles. The van der Waals surface area contributed by atoms with E-state index in [1.807, 2.05) is 31.2 Å². The highest BCUT2D eigenvalue weighted by Crippen LogP contribution is 2.24. The lowest BCUT2D eigenvalue weighted by atomic mass is 10.1. The Balaban J connectivity index is 2.33. The van der Waals surface area contributed by atoms with E-state index in [0.717, 1.165) is 11.3 Å². The molecule has 4 nitrogen and oxygen atoms in total. The summed E-state index contributed by atoms with van der Waals surface area (Å²) in [4.78, 5) is 12.0. The summed E-state index contributed by atoms with van der Waals surface area (Å²) in [5.74, 6) is -0.380. The van der Waals surface area contributed by atoms with Crippen LogP contribution in [0.25, 0.3) is 0 Å². The number of rotatable bonds is 4. The Morgan fingerprint density at radius 3 is 2.75 bits per heavy atom. The number of nitrogens with two attached hydrogens (primary N) is 1. The topological polar surface area (TPSA) is 64.3 Å². The minimum atomic E-state index is -0.380. The van der Waals surface area contributed by atoms with Crippen molar-refractivity contribution in [3.05, 3.63) is 53.6 Å². The number of aryl methyl sites for hydroxylation is 1. The molecule has 0 saturated heterocycles. The second-order valence-corrected chi connectivity index (χ2v) is 4.52. The predicted octanol–water partition coefficient (Wildman–Crippen LogP) is 3.50. The molecule has 0 unspecified atom stereocenters. The number of hydrogen-bond acceptors (Lipinski definition) is 4. The zero-order chi connectivity index (χ0) is 14.5. The Morgan fingerprint density at radius 2 is 2.05 bits per heavy atom. The zero-order valence-electron chi connectivity index (χ0n) is 11.6. The van der Waals surface area contributed by atoms with Crippen molar-refractivity contribution in [1.82, 2.24) is 0 Å². The lowest BCUT2D eigenvalue weighted by Gasteiger charge is -2.12. The average Bonchev–Trinajstić information content (AvgIpc) is 2.41. The van der Waals surface area contributed by atoms with Gasteiger partial charge in [0.1, 0.15) is 0 Å². The Bertz CT molecular complexity index is 624. The molecular formula is C16H18N2O2. The van der Waals surface area contributed by atoms with Gasteiger partial charge in [0.15, 0.2) is 0 Å². The first-order chi connectivity index (χ1) is 9.60. The van der Waals surface area contributed by atoms with Gasteiger partial charge < -0.3 is 15.8 Å². The summed E-state index contributed by atoms with van der Waals surface area (Å²) in [5, 5.41) is 3.22. The van der Waals surface area contributed by atoms with E-state index in [-0.39, 0.29) is 5.97 Å². The number of carbonyl (C=O) groups excluding carboxylic acids is 1. The first kappa shape index (κ1) is 13.9. The number of ether oxygens (including phenoxy) is 1. The molecule has 0 aromatic heterocycles. The van der Waals surface area contributed by atoms with Crippen molar-refractivity contribution in [2.75, 3.05) is 17.7 Å². The molecule has 2 aromatic carbocycles. The fourth-order valence-electron chi connectivity index (χ4n) is 1.93. The van der Waals surface area contributed by atoms with Gasteiger partial charge >= 0.3 is 5.97 Å². The third kappa shape index (κ3) is 3.29. The molecule has 0 bridgehead atoms. The highest BCUT2D eigenvalue weighted by Gasteiger charge is 2.13. The van der Waals surface area contributed by atoms with Crippen LogP contribution >= 0.6 is 0 Å². The molecule has 0 spiro atoms. The summed E-state index contributed by atoms with van der Waals surface area (Å²) in [5.41, 5.74) is 9.45. The molecule has 2 aromatic rings. The van der Waals surface area contributed by atoms with E-state index in [1.54, 1.807) is 25.1 Å². The first-order valence-corrected chi connectivity index (χ1v) is 6.50. The predicted molar refractivity (Wildman–Crippen MR) is 81.3 cm³/mol. The maximum absolute atomic E-state index is 12.0. The number of hydrogen-bond donors (Lipinski definition) is 2. The van der Waals surface area contributed by atoms with Crippen LogP contribution in [0.15, 0.2) is 42.5 Å². The molecule has 0 atom stereocenters. The molecule has 0 radical (unpaired) electrons. The van der Waals surface area contributed by atoms with Crippen molar-refractivity contribution in [2.45, 2.75) is 13.8 Å². The normalized spacial score (nSPS) is 10.1. The second-order valence-electron chi connectivity index (χ2n) is 4.52.